The fraction of sp³-hybridized carbons (Fsp3) is 0.314. The Balaban J connectivity index is 1.55. The molecule has 0 unspecified atom stereocenters. The van der Waals surface area contributed by atoms with Crippen molar-refractivity contribution in [2.24, 2.45) is 0 Å². The summed E-state index contributed by atoms with van der Waals surface area (Å²) < 4.78 is 3.07. The van der Waals surface area contributed by atoms with Gasteiger partial charge in [0.25, 0.3) is 0 Å². The lowest BCUT2D eigenvalue weighted by Gasteiger charge is -2.47. The second-order valence-electron chi connectivity index (χ2n) is 11.2. The zero-order valence-corrected chi connectivity index (χ0v) is 24.7. The van der Waals surface area contributed by atoms with Gasteiger partial charge in [-0.2, -0.15) is 0 Å². The van der Waals surface area contributed by atoms with Crippen molar-refractivity contribution in [2.45, 2.75) is 63.2 Å². The lowest BCUT2D eigenvalue weighted by atomic mass is 9.78. The molecule has 2 aliphatic heterocycles. The van der Waals surface area contributed by atoms with Gasteiger partial charge in [0, 0.05) is 31.4 Å². The third kappa shape index (κ3) is 4.58. The van der Waals surface area contributed by atoms with Gasteiger partial charge in [-0.05, 0) is 60.2 Å². The molecule has 1 saturated heterocycles. The van der Waals surface area contributed by atoms with Crippen LogP contribution in [0.1, 0.15) is 80.0 Å². The molecule has 3 heteroatoms. The number of benzene rings is 4. The molecule has 0 bridgehead atoms. The van der Waals surface area contributed by atoms with Gasteiger partial charge < -0.3 is 0 Å². The van der Waals surface area contributed by atoms with E-state index in [1.807, 2.05) is 0 Å². The van der Waals surface area contributed by atoms with Crippen LogP contribution in [-0.4, -0.2) is 11.0 Å². The highest BCUT2D eigenvalue weighted by Gasteiger charge is 2.47. The number of unbranched alkanes of at least 4 members (excludes halogenated alkanes) is 1. The average Bonchev–Trinajstić information content (AvgIpc) is 3.41. The van der Waals surface area contributed by atoms with Crippen LogP contribution in [0.25, 0.3) is 0 Å². The fourth-order valence-electron chi connectivity index (χ4n) is 6.62. The van der Waals surface area contributed by atoms with Crippen molar-refractivity contribution >= 4 is 26.8 Å². The Morgan fingerprint density at radius 1 is 0.658 bits per heavy atom. The van der Waals surface area contributed by atoms with Gasteiger partial charge in [-0.15, -0.1) is 0 Å². The van der Waals surface area contributed by atoms with Crippen LogP contribution in [0.5, 0.6) is 0 Å². The van der Waals surface area contributed by atoms with Crippen molar-refractivity contribution in [3.8, 4) is 0 Å². The standard InChI is InChI=1S/C35H39NP2/c1-4-5-26-36(38-33-22-14-12-20-29(33)35(2,3)30-21-13-15-23-34(30)38)37-31(27-16-8-6-9-17-27)24-25-32(37)28-18-10-7-11-19-28/h6-23,31-32H,4-5,24-26H2,1-3H3/t31-,32-/m0/s1. The minimum absolute atomic E-state index is 0.0169. The van der Waals surface area contributed by atoms with Crippen LogP contribution in [0.3, 0.4) is 0 Å². The third-order valence-electron chi connectivity index (χ3n) is 8.54. The summed E-state index contributed by atoms with van der Waals surface area (Å²) in [6.45, 7) is 8.37. The smallest absolute Gasteiger partial charge is 0.0324 e. The molecule has 0 aliphatic carbocycles. The highest BCUT2D eigenvalue weighted by molar-refractivity contribution is 7.79. The molecule has 0 spiro atoms. The molecular weight excluding hydrogens is 496 g/mol. The Bertz CT molecular complexity index is 1270. The summed E-state index contributed by atoms with van der Waals surface area (Å²) >= 11 is 0. The average molecular weight is 536 g/mol. The molecule has 0 N–H and O–H groups in total. The third-order valence-corrected chi connectivity index (χ3v) is 15.2. The van der Waals surface area contributed by atoms with Crippen molar-refractivity contribution < 1.29 is 0 Å². The van der Waals surface area contributed by atoms with Crippen LogP contribution >= 0.6 is 16.1 Å². The summed E-state index contributed by atoms with van der Waals surface area (Å²) in [6, 6.07) is 41.7. The van der Waals surface area contributed by atoms with E-state index in [-0.39, 0.29) is 5.41 Å². The van der Waals surface area contributed by atoms with Crippen LogP contribution in [-0.2, 0) is 5.41 Å². The zero-order valence-electron chi connectivity index (χ0n) is 22.9. The second-order valence-corrected chi connectivity index (χ2v) is 16.1. The van der Waals surface area contributed by atoms with E-state index >= 15 is 0 Å². The lowest BCUT2D eigenvalue weighted by Crippen LogP contribution is -2.41. The van der Waals surface area contributed by atoms with Crippen LogP contribution in [0.4, 0.5) is 0 Å². The fourth-order valence-corrected chi connectivity index (χ4v) is 14.7. The molecule has 0 amide bonds. The second kappa shape index (κ2) is 11.1. The molecule has 0 saturated carbocycles. The maximum absolute atomic E-state index is 3.07. The van der Waals surface area contributed by atoms with E-state index in [0.29, 0.717) is 11.3 Å². The maximum atomic E-state index is 3.07. The largest absolute Gasteiger partial charge is 0.251 e. The molecule has 1 nitrogen and oxygen atoms in total. The first-order valence-electron chi connectivity index (χ1n) is 14.3. The topological polar surface area (TPSA) is 3.24 Å². The summed E-state index contributed by atoms with van der Waals surface area (Å²) in [6.07, 6.45) is 5.02. The van der Waals surface area contributed by atoms with Crippen molar-refractivity contribution in [3.63, 3.8) is 0 Å². The van der Waals surface area contributed by atoms with E-state index in [4.69, 9.17) is 0 Å². The van der Waals surface area contributed by atoms with Crippen LogP contribution in [0.2, 0.25) is 0 Å². The summed E-state index contributed by atoms with van der Waals surface area (Å²) in [4.78, 5) is 0. The zero-order chi connectivity index (χ0) is 26.1. The first kappa shape index (κ1) is 26.0. The first-order chi connectivity index (χ1) is 18.6. The van der Waals surface area contributed by atoms with Crippen LogP contribution in [0.15, 0.2) is 109 Å². The van der Waals surface area contributed by atoms with Crippen molar-refractivity contribution in [2.75, 3.05) is 6.54 Å². The summed E-state index contributed by atoms with van der Waals surface area (Å²) in [5, 5.41) is 3.16. The predicted octanol–water partition coefficient (Wildman–Crippen LogP) is 9.45. The number of nitrogens with zero attached hydrogens (tertiary/aromatic N) is 1. The molecule has 2 atom stereocenters. The van der Waals surface area contributed by atoms with Crippen molar-refractivity contribution in [3.05, 3.63) is 131 Å². The molecule has 194 valence electrons. The van der Waals surface area contributed by atoms with E-state index in [1.165, 1.54) is 54.5 Å². The summed E-state index contributed by atoms with van der Waals surface area (Å²) in [7, 11) is -1.06. The quantitative estimate of drug-likeness (QED) is 0.213. The lowest BCUT2D eigenvalue weighted by molar-refractivity contribution is 0.621. The van der Waals surface area contributed by atoms with Gasteiger partial charge in [-0.1, -0.05) is 136 Å². The van der Waals surface area contributed by atoms with Crippen LogP contribution < -0.4 is 10.6 Å². The van der Waals surface area contributed by atoms with Gasteiger partial charge in [0.2, 0.25) is 0 Å². The maximum Gasteiger partial charge on any atom is 0.0324 e. The number of hydrogen-bond acceptors (Lipinski definition) is 1. The highest BCUT2D eigenvalue weighted by Crippen LogP contribution is 2.76. The normalized spacial score (nSPS) is 20.8. The van der Waals surface area contributed by atoms with E-state index in [0.717, 1.165) is 0 Å². The molecule has 2 aliphatic rings. The van der Waals surface area contributed by atoms with Gasteiger partial charge >= 0.3 is 0 Å². The minimum Gasteiger partial charge on any atom is -0.251 e. The van der Waals surface area contributed by atoms with Gasteiger partial charge in [0.15, 0.2) is 0 Å². The Labute approximate surface area is 231 Å². The first-order valence-corrected chi connectivity index (χ1v) is 17.0. The van der Waals surface area contributed by atoms with E-state index < -0.39 is 16.1 Å². The molecule has 4 aromatic rings. The SMILES string of the molecule is CCCCN(P1c2ccccc2C(C)(C)c2ccccc21)P1[C@H](c2ccccc2)CC[C@H]1c1ccccc1. The highest BCUT2D eigenvalue weighted by atomic mass is 31.2. The molecule has 38 heavy (non-hydrogen) atoms. The molecule has 6 rings (SSSR count). The Morgan fingerprint density at radius 2 is 1.11 bits per heavy atom. The van der Waals surface area contributed by atoms with Gasteiger partial charge in [-0.25, -0.2) is 0 Å². The van der Waals surface area contributed by atoms with Crippen molar-refractivity contribution in [1.29, 1.82) is 0 Å². The van der Waals surface area contributed by atoms with Gasteiger partial charge in [0.1, 0.15) is 0 Å². The monoisotopic (exact) mass is 535 g/mol. The Morgan fingerprint density at radius 3 is 1.58 bits per heavy atom. The molecule has 0 radical (unpaired) electrons. The molecule has 1 fully saturated rings. The predicted molar refractivity (Wildman–Crippen MR) is 167 cm³/mol. The summed E-state index contributed by atoms with van der Waals surface area (Å²) in [5.41, 5.74) is 7.33. The number of fused-ring (bicyclic) bond motifs is 2. The number of rotatable bonds is 7. The van der Waals surface area contributed by atoms with E-state index in [1.54, 1.807) is 10.6 Å². The van der Waals surface area contributed by atoms with Crippen LogP contribution in [0, 0.1) is 0 Å². The van der Waals surface area contributed by atoms with Gasteiger partial charge in [0.05, 0.1) is 0 Å². The van der Waals surface area contributed by atoms with Gasteiger partial charge in [-0.3, -0.25) is 4.44 Å². The van der Waals surface area contributed by atoms with E-state index in [2.05, 4.69) is 134 Å². The number of hydrogen-bond donors (Lipinski definition) is 0. The molecule has 0 aromatic heterocycles. The molecule has 4 aromatic carbocycles. The molecule has 2 heterocycles. The summed E-state index contributed by atoms with van der Waals surface area (Å²) in [5.74, 6) is 0. The van der Waals surface area contributed by atoms with Crippen molar-refractivity contribution in [1.82, 2.24) is 4.44 Å². The van der Waals surface area contributed by atoms with E-state index in [9.17, 15) is 0 Å². The molecular formula is C35H39NP2. The Hall–Kier alpha value is -2.30. The minimum atomic E-state index is -0.620. The Kier molecular flexibility index (Phi) is 7.55.